The number of carbonyl (C=O) groups is 2. The highest BCUT2D eigenvalue weighted by Crippen LogP contribution is 2.33. The summed E-state index contributed by atoms with van der Waals surface area (Å²) in [5, 5.41) is 2.83. The lowest BCUT2D eigenvalue weighted by Gasteiger charge is -2.40. The van der Waals surface area contributed by atoms with Crippen LogP contribution in [0.1, 0.15) is 53.4 Å². The van der Waals surface area contributed by atoms with Gasteiger partial charge >= 0.3 is 0 Å². The lowest BCUT2D eigenvalue weighted by atomic mass is 10.0. The quantitative estimate of drug-likeness (QED) is 0.742. The number of aromatic nitrogens is 1. The lowest BCUT2D eigenvalue weighted by molar-refractivity contribution is -0.136. The Kier molecular flexibility index (Phi) is 6.55. The molecule has 1 saturated carbocycles. The third-order valence-electron chi connectivity index (χ3n) is 6.49. The van der Waals surface area contributed by atoms with Gasteiger partial charge in [0.05, 0.1) is 5.56 Å². The van der Waals surface area contributed by atoms with Gasteiger partial charge in [-0.05, 0) is 74.9 Å². The maximum atomic E-state index is 14.4. The predicted octanol–water partition coefficient (Wildman–Crippen LogP) is 3.92. The Balaban J connectivity index is 1.41. The summed E-state index contributed by atoms with van der Waals surface area (Å²) in [5.41, 5.74) is 3.42. The van der Waals surface area contributed by atoms with Crippen LogP contribution in [-0.4, -0.2) is 52.3 Å². The second-order valence-corrected chi connectivity index (χ2v) is 9.20. The van der Waals surface area contributed by atoms with Crippen LogP contribution < -0.4 is 5.32 Å². The zero-order chi connectivity index (χ0) is 22.8. The number of hydrogen-bond acceptors (Lipinski definition) is 4. The Labute approximate surface area is 188 Å². The van der Waals surface area contributed by atoms with Crippen molar-refractivity contribution in [3.63, 3.8) is 0 Å². The molecule has 6 nitrogen and oxygen atoms in total. The summed E-state index contributed by atoms with van der Waals surface area (Å²) in [7, 11) is 0. The van der Waals surface area contributed by atoms with Crippen molar-refractivity contribution in [2.24, 2.45) is 5.92 Å². The Hall–Kier alpha value is -2.80. The number of rotatable bonds is 6. The number of halogens is 1. The van der Waals surface area contributed by atoms with E-state index in [0.29, 0.717) is 36.7 Å². The van der Waals surface area contributed by atoms with Gasteiger partial charge < -0.3 is 10.2 Å². The lowest BCUT2D eigenvalue weighted by Crippen LogP contribution is -2.53. The van der Waals surface area contributed by atoms with Gasteiger partial charge in [-0.25, -0.2) is 4.39 Å². The number of nitrogens with zero attached hydrogens (tertiary/aromatic N) is 3. The van der Waals surface area contributed by atoms with E-state index >= 15 is 0 Å². The van der Waals surface area contributed by atoms with Gasteiger partial charge in [-0.1, -0.05) is 0 Å². The number of anilines is 1. The first-order chi connectivity index (χ1) is 15.3. The van der Waals surface area contributed by atoms with E-state index < -0.39 is 0 Å². The second-order valence-electron chi connectivity index (χ2n) is 9.20. The van der Waals surface area contributed by atoms with Gasteiger partial charge in [-0.2, -0.15) is 0 Å². The fraction of sp³-hybridized carbons (Fsp3) is 0.480. The average Bonchev–Trinajstić information content (AvgIpc) is 3.56. The van der Waals surface area contributed by atoms with Crippen LogP contribution >= 0.6 is 0 Å². The van der Waals surface area contributed by atoms with Crippen molar-refractivity contribution < 1.29 is 14.0 Å². The molecular weight excluding hydrogens is 407 g/mol. The summed E-state index contributed by atoms with van der Waals surface area (Å²) in [6.07, 6.45) is 4.55. The number of aryl methyl sites for hydroxylation is 1. The maximum Gasteiger partial charge on any atom is 0.257 e. The van der Waals surface area contributed by atoms with Gasteiger partial charge in [-0.3, -0.25) is 19.5 Å². The number of benzene rings is 1. The second kappa shape index (κ2) is 9.36. The molecule has 1 N–H and O–H groups in total. The molecule has 2 amide bonds. The number of carbonyl (C=O) groups excluding carboxylic acids is 2. The number of amides is 2. The molecule has 170 valence electrons. The first-order valence-corrected chi connectivity index (χ1v) is 11.3. The van der Waals surface area contributed by atoms with Gasteiger partial charge in [0.25, 0.3) is 5.91 Å². The third kappa shape index (κ3) is 5.33. The first kappa shape index (κ1) is 22.4. The summed E-state index contributed by atoms with van der Waals surface area (Å²) >= 11 is 0. The summed E-state index contributed by atoms with van der Waals surface area (Å²) in [5.74, 6) is 0.159. The van der Waals surface area contributed by atoms with Gasteiger partial charge in [0.2, 0.25) is 5.91 Å². The van der Waals surface area contributed by atoms with Crippen LogP contribution in [0.5, 0.6) is 0 Å². The van der Waals surface area contributed by atoms with E-state index in [1.54, 1.807) is 12.1 Å². The highest BCUT2D eigenvalue weighted by Gasteiger charge is 2.32. The predicted molar refractivity (Wildman–Crippen MR) is 122 cm³/mol. The third-order valence-corrected chi connectivity index (χ3v) is 6.49. The first-order valence-electron chi connectivity index (χ1n) is 11.3. The highest BCUT2D eigenvalue weighted by molar-refractivity contribution is 6.04. The smallest absolute Gasteiger partial charge is 0.257 e. The van der Waals surface area contributed by atoms with E-state index in [9.17, 15) is 14.0 Å². The van der Waals surface area contributed by atoms with Crippen molar-refractivity contribution in [3.8, 4) is 0 Å². The molecule has 7 heteroatoms. The molecule has 2 aromatic rings. The van der Waals surface area contributed by atoms with Crippen LogP contribution in [0.3, 0.4) is 0 Å². The monoisotopic (exact) mass is 438 g/mol. The molecule has 1 atom stereocenters. The minimum Gasteiger partial charge on any atom is -0.337 e. The largest absolute Gasteiger partial charge is 0.337 e. The molecule has 1 saturated heterocycles. The van der Waals surface area contributed by atoms with Crippen LogP contribution in [0.4, 0.5) is 10.1 Å². The molecule has 32 heavy (non-hydrogen) atoms. The Morgan fingerprint density at radius 2 is 1.97 bits per heavy atom. The molecule has 1 aromatic carbocycles. The van der Waals surface area contributed by atoms with Gasteiger partial charge in [0, 0.05) is 56.2 Å². The molecule has 0 radical (unpaired) electrons. The van der Waals surface area contributed by atoms with Crippen molar-refractivity contribution in [1.82, 2.24) is 14.8 Å². The number of hydrogen-bond donors (Lipinski definition) is 1. The number of piperazine rings is 1. The van der Waals surface area contributed by atoms with Crippen molar-refractivity contribution in [3.05, 3.63) is 58.7 Å². The van der Waals surface area contributed by atoms with Crippen LogP contribution in [0.2, 0.25) is 0 Å². The standard InChI is InChI=1S/C25H31FN4O2/c1-16-4-7-20(13-27-16)25(32)28-23-12-22(26)11-21(18(23)3)15-29-8-9-30(17(2)14-29)24(31)10-19-5-6-19/h4,7,11-13,17,19H,5-6,8-10,14-15H2,1-3H3,(H,28,32). The van der Waals surface area contributed by atoms with Crippen LogP contribution in [0.25, 0.3) is 0 Å². The van der Waals surface area contributed by atoms with Crippen LogP contribution in [0, 0.1) is 25.6 Å². The van der Waals surface area contributed by atoms with Crippen molar-refractivity contribution in [2.75, 3.05) is 25.0 Å². The van der Waals surface area contributed by atoms with Crippen molar-refractivity contribution in [1.29, 1.82) is 0 Å². The van der Waals surface area contributed by atoms with Crippen LogP contribution in [-0.2, 0) is 11.3 Å². The van der Waals surface area contributed by atoms with E-state index in [0.717, 1.165) is 29.9 Å². The van der Waals surface area contributed by atoms with E-state index in [4.69, 9.17) is 0 Å². The molecule has 0 spiro atoms. The fourth-order valence-corrected chi connectivity index (χ4v) is 4.30. The average molecular weight is 439 g/mol. The van der Waals surface area contributed by atoms with Gasteiger partial charge in [-0.15, -0.1) is 0 Å². The normalized spacial score (nSPS) is 19.1. The Morgan fingerprint density at radius 1 is 1.19 bits per heavy atom. The molecule has 2 aliphatic rings. The van der Waals surface area contributed by atoms with E-state index in [1.807, 2.05) is 18.7 Å². The highest BCUT2D eigenvalue weighted by atomic mass is 19.1. The Bertz CT molecular complexity index is 1000. The molecule has 4 rings (SSSR count). The zero-order valence-corrected chi connectivity index (χ0v) is 19.0. The van der Waals surface area contributed by atoms with Gasteiger partial charge in [0.15, 0.2) is 0 Å². The number of pyridine rings is 1. The van der Waals surface area contributed by atoms with Crippen molar-refractivity contribution >= 4 is 17.5 Å². The molecule has 2 fully saturated rings. The summed E-state index contributed by atoms with van der Waals surface area (Å²) in [6, 6.07) is 6.51. The van der Waals surface area contributed by atoms with Crippen LogP contribution in [0.15, 0.2) is 30.5 Å². The van der Waals surface area contributed by atoms with E-state index in [2.05, 4.69) is 22.1 Å². The molecule has 1 aromatic heterocycles. The topological polar surface area (TPSA) is 65.5 Å². The molecule has 0 bridgehead atoms. The summed E-state index contributed by atoms with van der Waals surface area (Å²) in [6.45, 7) is 8.62. The summed E-state index contributed by atoms with van der Waals surface area (Å²) < 4.78 is 14.4. The summed E-state index contributed by atoms with van der Waals surface area (Å²) in [4.78, 5) is 33.5. The molecule has 1 aliphatic carbocycles. The van der Waals surface area contributed by atoms with E-state index in [-0.39, 0.29) is 23.7 Å². The minimum atomic E-state index is -0.380. The fourth-order valence-electron chi connectivity index (χ4n) is 4.30. The Morgan fingerprint density at radius 3 is 2.62 bits per heavy atom. The maximum absolute atomic E-state index is 14.4. The minimum absolute atomic E-state index is 0.136. The van der Waals surface area contributed by atoms with Gasteiger partial charge in [0.1, 0.15) is 5.82 Å². The molecule has 1 aliphatic heterocycles. The number of nitrogens with one attached hydrogen (secondary N) is 1. The van der Waals surface area contributed by atoms with Crippen molar-refractivity contribution in [2.45, 2.75) is 52.6 Å². The molecule has 1 unspecified atom stereocenters. The molecule has 2 heterocycles. The zero-order valence-electron chi connectivity index (χ0n) is 19.0. The SMILES string of the molecule is Cc1ccc(C(=O)Nc2cc(F)cc(CN3CCN(C(=O)CC4CC4)C(C)C3)c2C)cn1. The van der Waals surface area contributed by atoms with E-state index in [1.165, 1.54) is 31.2 Å². The molecular formula is C25H31FN4O2.